The molecule has 0 bridgehead atoms. The highest BCUT2D eigenvalue weighted by Crippen LogP contribution is 2.28. The summed E-state index contributed by atoms with van der Waals surface area (Å²) in [7, 11) is 1.64. The number of nitrogens with one attached hydrogen (secondary N) is 1. The molecule has 0 spiro atoms. The summed E-state index contributed by atoms with van der Waals surface area (Å²) in [6.45, 7) is 0.706. The fraction of sp³-hybridized carbons (Fsp3) is 0.125. The van der Waals surface area contributed by atoms with Crippen molar-refractivity contribution in [1.29, 1.82) is 0 Å². The molecule has 0 saturated heterocycles. The van der Waals surface area contributed by atoms with Crippen molar-refractivity contribution < 1.29 is 18.7 Å². The first-order valence-electron chi connectivity index (χ1n) is 9.32. The summed E-state index contributed by atoms with van der Waals surface area (Å²) in [5.41, 5.74) is 3.02. The predicted octanol–water partition coefficient (Wildman–Crippen LogP) is 5.41. The second kappa shape index (κ2) is 8.63. The maximum Gasteiger partial charge on any atom is 0.291 e. The van der Waals surface area contributed by atoms with Gasteiger partial charge in [-0.15, -0.1) is 0 Å². The van der Waals surface area contributed by atoms with Gasteiger partial charge in [0.1, 0.15) is 17.9 Å². The Hall–Kier alpha value is -3.57. The number of amides is 1. The molecule has 1 aromatic heterocycles. The molecule has 0 aliphatic heterocycles. The zero-order chi connectivity index (χ0) is 20.1. The Labute approximate surface area is 168 Å². The molecule has 0 unspecified atom stereocenters. The molecule has 0 aliphatic rings. The Morgan fingerprint density at radius 3 is 2.55 bits per heavy atom. The maximum atomic E-state index is 13.0. The van der Waals surface area contributed by atoms with Crippen LogP contribution in [-0.4, -0.2) is 13.0 Å². The fourth-order valence-corrected chi connectivity index (χ4v) is 3.19. The SMILES string of the molecule is COCc1cccc(NC(=O)c2oc3ccccc3c2COc2ccccc2)c1. The molecule has 0 fully saturated rings. The number of fused-ring (bicyclic) bond motifs is 1. The minimum Gasteiger partial charge on any atom is -0.489 e. The van der Waals surface area contributed by atoms with E-state index in [-0.39, 0.29) is 18.3 Å². The Morgan fingerprint density at radius 2 is 1.72 bits per heavy atom. The number of carbonyl (C=O) groups is 1. The van der Waals surface area contributed by atoms with Crippen molar-refractivity contribution >= 4 is 22.6 Å². The zero-order valence-corrected chi connectivity index (χ0v) is 16.1. The number of methoxy groups -OCH3 is 1. The number of para-hydroxylation sites is 2. The molecule has 0 radical (unpaired) electrons. The summed E-state index contributed by atoms with van der Waals surface area (Å²) < 4.78 is 16.9. The van der Waals surface area contributed by atoms with Gasteiger partial charge in [-0.05, 0) is 35.9 Å². The van der Waals surface area contributed by atoms with Crippen LogP contribution in [0.3, 0.4) is 0 Å². The first kappa shape index (κ1) is 18.8. The maximum absolute atomic E-state index is 13.0. The first-order chi connectivity index (χ1) is 14.2. The van der Waals surface area contributed by atoms with Gasteiger partial charge < -0.3 is 19.2 Å². The summed E-state index contributed by atoms with van der Waals surface area (Å²) >= 11 is 0. The van der Waals surface area contributed by atoms with E-state index in [1.165, 1.54) is 0 Å². The minimum absolute atomic E-state index is 0.230. The van der Waals surface area contributed by atoms with E-state index in [1.54, 1.807) is 7.11 Å². The van der Waals surface area contributed by atoms with E-state index >= 15 is 0 Å². The van der Waals surface area contributed by atoms with Crippen LogP contribution in [-0.2, 0) is 18.0 Å². The topological polar surface area (TPSA) is 60.7 Å². The second-order valence-electron chi connectivity index (χ2n) is 6.60. The molecule has 0 saturated carbocycles. The molecule has 3 aromatic carbocycles. The number of benzene rings is 3. The average molecular weight is 387 g/mol. The van der Waals surface area contributed by atoms with Crippen molar-refractivity contribution in [3.8, 4) is 5.75 Å². The highest BCUT2D eigenvalue weighted by Gasteiger charge is 2.21. The van der Waals surface area contributed by atoms with Gasteiger partial charge in [0.15, 0.2) is 5.76 Å². The standard InChI is InChI=1S/C24H21NO4/c1-27-15-17-8-7-9-18(14-17)25-24(26)23-21(16-28-19-10-3-2-4-11-19)20-12-5-6-13-22(20)29-23/h2-14H,15-16H2,1H3,(H,25,26). The predicted molar refractivity (Wildman–Crippen MR) is 112 cm³/mol. The summed E-state index contributed by atoms with van der Waals surface area (Å²) in [6.07, 6.45) is 0. The monoisotopic (exact) mass is 387 g/mol. The second-order valence-corrected chi connectivity index (χ2v) is 6.60. The van der Waals surface area contributed by atoms with Gasteiger partial charge in [0, 0.05) is 23.7 Å². The lowest BCUT2D eigenvalue weighted by Crippen LogP contribution is -2.14. The smallest absolute Gasteiger partial charge is 0.291 e. The van der Waals surface area contributed by atoms with Gasteiger partial charge in [0.05, 0.1) is 6.61 Å². The largest absolute Gasteiger partial charge is 0.489 e. The number of carbonyl (C=O) groups excluding carboxylic acids is 1. The normalized spacial score (nSPS) is 10.8. The van der Waals surface area contributed by atoms with Crippen molar-refractivity contribution in [2.75, 3.05) is 12.4 Å². The van der Waals surface area contributed by atoms with Crippen molar-refractivity contribution in [1.82, 2.24) is 0 Å². The lowest BCUT2D eigenvalue weighted by Gasteiger charge is -2.09. The van der Waals surface area contributed by atoms with Crippen LogP contribution in [0.5, 0.6) is 5.75 Å². The molecule has 5 nitrogen and oxygen atoms in total. The summed E-state index contributed by atoms with van der Waals surface area (Å²) in [6, 6.07) is 24.6. The first-order valence-corrected chi connectivity index (χ1v) is 9.32. The summed E-state index contributed by atoms with van der Waals surface area (Å²) in [5, 5.41) is 3.78. The molecule has 146 valence electrons. The van der Waals surface area contributed by atoms with Crippen LogP contribution >= 0.6 is 0 Å². The van der Waals surface area contributed by atoms with Crippen molar-refractivity contribution in [3.63, 3.8) is 0 Å². The van der Waals surface area contributed by atoms with E-state index in [4.69, 9.17) is 13.9 Å². The third-order valence-corrected chi connectivity index (χ3v) is 4.53. The molecule has 0 atom stereocenters. The Balaban J connectivity index is 1.62. The zero-order valence-electron chi connectivity index (χ0n) is 16.1. The van der Waals surface area contributed by atoms with E-state index in [0.717, 1.165) is 22.3 Å². The molecular formula is C24H21NO4. The van der Waals surface area contributed by atoms with Crippen LogP contribution in [0.2, 0.25) is 0 Å². The average Bonchev–Trinajstić information content (AvgIpc) is 3.12. The van der Waals surface area contributed by atoms with Crippen LogP contribution in [0.15, 0.2) is 83.3 Å². The lowest BCUT2D eigenvalue weighted by atomic mass is 10.1. The number of rotatable bonds is 7. The number of hydrogen-bond donors (Lipinski definition) is 1. The number of furan rings is 1. The number of hydrogen-bond acceptors (Lipinski definition) is 4. The Morgan fingerprint density at radius 1 is 0.931 bits per heavy atom. The van der Waals surface area contributed by atoms with Gasteiger partial charge in [-0.2, -0.15) is 0 Å². The van der Waals surface area contributed by atoms with Crippen LogP contribution in [0.4, 0.5) is 5.69 Å². The summed E-state index contributed by atoms with van der Waals surface area (Å²) in [4.78, 5) is 13.0. The van der Waals surface area contributed by atoms with Crippen LogP contribution in [0.1, 0.15) is 21.7 Å². The van der Waals surface area contributed by atoms with Crippen LogP contribution in [0, 0.1) is 0 Å². The van der Waals surface area contributed by atoms with E-state index in [0.29, 0.717) is 17.9 Å². The molecular weight excluding hydrogens is 366 g/mol. The van der Waals surface area contributed by atoms with Crippen LogP contribution in [0.25, 0.3) is 11.0 Å². The molecule has 4 rings (SSSR count). The van der Waals surface area contributed by atoms with Crippen molar-refractivity contribution in [2.45, 2.75) is 13.2 Å². The molecule has 4 aromatic rings. The quantitative estimate of drug-likeness (QED) is 0.461. The van der Waals surface area contributed by atoms with Gasteiger partial charge in [-0.25, -0.2) is 0 Å². The molecule has 0 aliphatic carbocycles. The minimum atomic E-state index is -0.317. The molecule has 29 heavy (non-hydrogen) atoms. The van der Waals surface area contributed by atoms with Crippen LogP contribution < -0.4 is 10.1 Å². The van der Waals surface area contributed by atoms with Gasteiger partial charge >= 0.3 is 0 Å². The van der Waals surface area contributed by atoms with E-state index in [9.17, 15) is 4.79 Å². The third kappa shape index (κ3) is 4.31. The number of anilines is 1. The van der Waals surface area contributed by atoms with E-state index in [2.05, 4.69) is 5.32 Å². The van der Waals surface area contributed by atoms with Gasteiger partial charge in [-0.1, -0.05) is 48.5 Å². The van der Waals surface area contributed by atoms with E-state index < -0.39 is 0 Å². The Bertz CT molecular complexity index is 1120. The molecule has 5 heteroatoms. The third-order valence-electron chi connectivity index (χ3n) is 4.53. The molecule has 1 heterocycles. The molecule has 1 N–H and O–H groups in total. The highest BCUT2D eigenvalue weighted by molar-refractivity contribution is 6.06. The molecule has 1 amide bonds. The van der Waals surface area contributed by atoms with Crippen molar-refractivity contribution in [2.24, 2.45) is 0 Å². The Kier molecular flexibility index (Phi) is 5.59. The van der Waals surface area contributed by atoms with Gasteiger partial charge in [-0.3, -0.25) is 4.79 Å². The fourth-order valence-electron chi connectivity index (χ4n) is 3.19. The number of ether oxygens (including phenoxy) is 2. The highest BCUT2D eigenvalue weighted by atomic mass is 16.5. The van der Waals surface area contributed by atoms with Gasteiger partial charge in [0.2, 0.25) is 0 Å². The lowest BCUT2D eigenvalue weighted by molar-refractivity contribution is 0.0995. The van der Waals surface area contributed by atoms with Crippen molar-refractivity contribution in [3.05, 3.63) is 95.7 Å². The van der Waals surface area contributed by atoms with E-state index in [1.807, 2.05) is 78.9 Å². The summed E-state index contributed by atoms with van der Waals surface area (Å²) in [5.74, 6) is 0.665. The van der Waals surface area contributed by atoms with Gasteiger partial charge in [0.25, 0.3) is 5.91 Å².